The number of piperidine rings is 1. The Balaban J connectivity index is 2.12. The number of furan rings is 1. The van der Waals surface area contributed by atoms with Gasteiger partial charge in [0.1, 0.15) is 17.3 Å². The molecular weight excluding hydrogens is 254 g/mol. The standard InChI is InChI=1S/C14H15N5O/c15-9-10-12(11-5-4-8-20-11)17-14(16)18-13(10)19-6-2-1-3-7-19/h4-5,8H,1-3,6-7H2,(H2,16,17,18). The van der Waals surface area contributed by atoms with Crippen LogP contribution >= 0.6 is 0 Å². The zero-order chi connectivity index (χ0) is 13.9. The minimum Gasteiger partial charge on any atom is -0.463 e. The average molecular weight is 269 g/mol. The molecule has 3 rings (SSSR count). The van der Waals surface area contributed by atoms with Gasteiger partial charge in [0.25, 0.3) is 0 Å². The van der Waals surface area contributed by atoms with Gasteiger partial charge in [0.2, 0.25) is 5.95 Å². The maximum absolute atomic E-state index is 9.48. The second-order valence-electron chi connectivity index (χ2n) is 4.77. The lowest BCUT2D eigenvalue weighted by Crippen LogP contribution is -2.31. The molecule has 0 bridgehead atoms. The first kappa shape index (κ1) is 12.5. The summed E-state index contributed by atoms with van der Waals surface area (Å²) < 4.78 is 5.34. The molecule has 1 aliphatic heterocycles. The number of rotatable bonds is 2. The molecule has 0 radical (unpaired) electrons. The highest BCUT2D eigenvalue weighted by molar-refractivity contribution is 5.71. The molecule has 6 nitrogen and oxygen atoms in total. The maximum Gasteiger partial charge on any atom is 0.222 e. The summed E-state index contributed by atoms with van der Waals surface area (Å²) in [5.41, 5.74) is 6.69. The highest BCUT2D eigenvalue weighted by atomic mass is 16.3. The van der Waals surface area contributed by atoms with Crippen LogP contribution < -0.4 is 10.6 Å². The third kappa shape index (κ3) is 2.18. The zero-order valence-corrected chi connectivity index (χ0v) is 11.0. The highest BCUT2D eigenvalue weighted by Gasteiger charge is 2.22. The molecule has 0 spiro atoms. The van der Waals surface area contributed by atoms with Crippen molar-refractivity contribution in [2.45, 2.75) is 19.3 Å². The van der Waals surface area contributed by atoms with Crippen LogP contribution in [0.15, 0.2) is 22.8 Å². The topological polar surface area (TPSA) is 92.0 Å². The molecule has 20 heavy (non-hydrogen) atoms. The van der Waals surface area contributed by atoms with Crippen molar-refractivity contribution in [2.24, 2.45) is 0 Å². The van der Waals surface area contributed by atoms with Gasteiger partial charge < -0.3 is 15.1 Å². The van der Waals surface area contributed by atoms with Gasteiger partial charge in [-0.25, -0.2) is 4.98 Å². The zero-order valence-electron chi connectivity index (χ0n) is 11.0. The summed E-state index contributed by atoms with van der Waals surface area (Å²) in [6.45, 7) is 1.78. The number of hydrogen-bond acceptors (Lipinski definition) is 6. The largest absolute Gasteiger partial charge is 0.463 e. The minimum absolute atomic E-state index is 0.163. The smallest absolute Gasteiger partial charge is 0.222 e. The molecule has 3 heterocycles. The number of aromatic nitrogens is 2. The first-order valence-electron chi connectivity index (χ1n) is 6.66. The Morgan fingerprint density at radius 1 is 1.25 bits per heavy atom. The van der Waals surface area contributed by atoms with E-state index in [4.69, 9.17) is 10.2 Å². The van der Waals surface area contributed by atoms with Crippen LogP contribution in [0.1, 0.15) is 24.8 Å². The summed E-state index contributed by atoms with van der Waals surface area (Å²) in [5.74, 6) is 1.32. The molecule has 0 unspecified atom stereocenters. The van der Waals surface area contributed by atoms with Crippen molar-refractivity contribution in [3.63, 3.8) is 0 Å². The molecule has 1 aliphatic rings. The fourth-order valence-corrected chi connectivity index (χ4v) is 2.49. The lowest BCUT2D eigenvalue weighted by Gasteiger charge is -2.28. The van der Waals surface area contributed by atoms with E-state index >= 15 is 0 Å². The maximum atomic E-state index is 9.48. The SMILES string of the molecule is N#Cc1c(-c2ccco2)nc(N)nc1N1CCCCC1. The van der Waals surface area contributed by atoms with Crippen LogP contribution in [0.4, 0.5) is 11.8 Å². The number of nitrogen functional groups attached to an aromatic ring is 1. The fourth-order valence-electron chi connectivity index (χ4n) is 2.49. The Bertz CT molecular complexity index is 638. The lowest BCUT2D eigenvalue weighted by molar-refractivity contribution is 0.570. The molecule has 0 atom stereocenters. The summed E-state index contributed by atoms with van der Waals surface area (Å²) in [7, 11) is 0. The molecule has 1 fully saturated rings. The number of hydrogen-bond donors (Lipinski definition) is 1. The molecule has 0 aliphatic carbocycles. The Kier molecular flexibility index (Phi) is 3.25. The molecule has 0 aromatic carbocycles. The van der Waals surface area contributed by atoms with Crippen molar-refractivity contribution in [3.05, 3.63) is 24.0 Å². The van der Waals surface area contributed by atoms with Gasteiger partial charge in [0, 0.05) is 13.1 Å². The molecular formula is C14H15N5O. The monoisotopic (exact) mass is 269 g/mol. The van der Waals surface area contributed by atoms with Gasteiger partial charge in [-0.2, -0.15) is 10.2 Å². The van der Waals surface area contributed by atoms with Crippen LogP contribution in [0.3, 0.4) is 0 Å². The van der Waals surface area contributed by atoms with E-state index in [0.717, 1.165) is 25.9 Å². The van der Waals surface area contributed by atoms with E-state index in [0.29, 0.717) is 22.8 Å². The third-order valence-corrected chi connectivity index (χ3v) is 3.43. The van der Waals surface area contributed by atoms with E-state index in [9.17, 15) is 5.26 Å². The highest BCUT2D eigenvalue weighted by Crippen LogP contribution is 2.30. The second-order valence-corrected chi connectivity index (χ2v) is 4.77. The van der Waals surface area contributed by atoms with Gasteiger partial charge in [0.05, 0.1) is 6.26 Å². The molecule has 102 valence electrons. The van der Waals surface area contributed by atoms with E-state index in [1.165, 1.54) is 6.42 Å². The first-order valence-corrected chi connectivity index (χ1v) is 6.66. The van der Waals surface area contributed by atoms with Crippen LogP contribution in [0, 0.1) is 11.3 Å². The predicted molar refractivity (Wildman–Crippen MR) is 74.9 cm³/mol. The van der Waals surface area contributed by atoms with E-state index in [-0.39, 0.29) is 5.95 Å². The number of nitrogens with two attached hydrogens (primary N) is 1. The molecule has 0 amide bonds. The molecule has 6 heteroatoms. The summed E-state index contributed by atoms with van der Waals surface area (Å²) in [4.78, 5) is 10.5. The van der Waals surface area contributed by atoms with Gasteiger partial charge in [0.15, 0.2) is 11.6 Å². The van der Waals surface area contributed by atoms with Crippen LogP contribution in [-0.2, 0) is 0 Å². The minimum atomic E-state index is 0.163. The normalized spacial score (nSPS) is 15.1. The van der Waals surface area contributed by atoms with E-state index in [2.05, 4.69) is 20.9 Å². The van der Waals surface area contributed by atoms with Crippen molar-refractivity contribution in [2.75, 3.05) is 23.7 Å². The van der Waals surface area contributed by atoms with E-state index in [1.54, 1.807) is 18.4 Å². The summed E-state index contributed by atoms with van der Waals surface area (Å²) in [6.07, 6.45) is 4.97. The van der Waals surface area contributed by atoms with Crippen molar-refractivity contribution in [1.82, 2.24) is 9.97 Å². The number of anilines is 2. The number of nitrogens with zero attached hydrogens (tertiary/aromatic N) is 4. The van der Waals surface area contributed by atoms with Gasteiger partial charge >= 0.3 is 0 Å². The van der Waals surface area contributed by atoms with Crippen LogP contribution in [0.25, 0.3) is 11.5 Å². The van der Waals surface area contributed by atoms with Crippen molar-refractivity contribution in [3.8, 4) is 17.5 Å². The van der Waals surface area contributed by atoms with Crippen LogP contribution in [0.5, 0.6) is 0 Å². The van der Waals surface area contributed by atoms with Crippen molar-refractivity contribution in [1.29, 1.82) is 5.26 Å². The van der Waals surface area contributed by atoms with Crippen molar-refractivity contribution >= 4 is 11.8 Å². The summed E-state index contributed by atoms with van der Waals surface area (Å²) in [6, 6.07) is 5.72. The summed E-state index contributed by atoms with van der Waals surface area (Å²) >= 11 is 0. The molecule has 0 saturated carbocycles. The lowest BCUT2D eigenvalue weighted by atomic mass is 10.1. The van der Waals surface area contributed by atoms with Crippen LogP contribution in [0.2, 0.25) is 0 Å². The molecule has 2 aromatic rings. The van der Waals surface area contributed by atoms with Gasteiger partial charge in [-0.15, -0.1) is 0 Å². The molecule has 2 aromatic heterocycles. The summed E-state index contributed by atoms with van der Waals surface area (Å²) in [5, 5.41) is 9.48. The van der Waals surface area contributed by atoms with E-state index in [1.807, 2.05) is 0 Å². The van der Waals surface area contributed by atoms with E-state index < -0.39 is 0 Å². The van der Waals surface area contributed by atoms with Gasteiger partial charge in [-0.1, -0.05) is 0 Å². The quantitative estimate of drug-likeness (QED) is 0.898. The predicted octanol–water partition coefficient (Wildman–Crippen LogP) is 2.18. The van der Waals surface area contributed by atoms with Crippen LogP contribution in [-0.4, -0.2) is 23.1 Å². The Labute approximate surface area is 116 Å². The Morgan fingerprint density at radius 2 is 2.05 bits per heavy atom. The Morgan fingerprint density at radius 3 is 2.70 bits per heavy atom. The first-order chi connectivity index (χ1) is 9.79. The average Bonchev–Trinajstić information content (AvgIpc) is 3.01. The number of nitriles is 1. The van der Waals surface area contributed by atoms with Gasteiger partial charge in [-0.05, 0) is 31.4 Å². The molecule has 1 saturated heterocycles. The van der Waals surface area contributed by atoms with Gasteiger partial charge in [-0.3, -0.25) is 0 Å². The third-order valence-electron chi connectivity index (χ3n) is 3.43. The fraction of sp³-hybridized carbons (Fsp3) is 0.357. The second kappa shape index (κ2) is 5.21. The van der Waals surface area contributed by atoms with Crippen molar-refractivity contribution < 1.29 is 4.42 Å². The molecule has 2 N–H and O–H groups in total. The Hall–Kier alpha value is -2.55.